The second-order valence-electron chi connectivity index (χ2n) is 4.67. The van der Waals surface area contributed by atoms with E-state index in [-0.39, 0.29) is 5.41 Å². The molecule has 0 aliphatic rings. The number of thiophene rings is 1. The Labute approximate surface area is 104 Å². The maximum absolute atomic E-state index is 5.73. The van der Waals surface area contributed by atoms with Crippen molar-refractivity contribution in [3.8, 4) is 9.88 Å². The maximum atomic E-state index is 5.73. The molecule has 0 amide bonds. The molecule has 0 saturated carbocycles. The third-order valence-corrected chi connectivity index (χ3v) is 4.43. The SMILES string of the molecule is CC(C)(CN)Cc1csc(-c2cccs2)n1. The average molecular weight is 252 g/mol. The summed E-state index contributed by atoms with van der Waals surface area (Å²) in [6.07, 6.45) is 0.950. The number of nitrogens with two attached hydrogens (primary N) is 1. The molecule has 0 aliphatic heterocycles. The zero-order valence-electron chi connectivity index (χ0n) is 9.56. The van der Waals surface area contributed by atoms with Crippen molar-refractivity contribution < 1.29 is 0 Å². The lowest BCUT2D eigenvalue weighted by Gasteiger charge is -2.20. The highest BCUT2D eigenvalue weighted by Crippen LogP contribution is 2.29. The van der Waals surface area contributed by atoms with Gasteiger partial charge in [-0.1, -0.05) is 19.9 Å². The van der Waals surface area contributed by atoms with Crippen LogP contribution in [0.4, 0.5) is 0 Å². The first-order chi connectivity index (χ1) is 7.61. The van der Waals surface area contributed by atoms with Crippen molar-refractivity contribution in [2.24, 2.45) is 11.1 Å². The summed E-state index contributed by atoms with van der Waals surface area (Å²) < 4.78 is 0. The first-order valence-corrected chi connectivity index (χ1v) is 7.05. The Morgan fingerprint density at radius 1 is 1.38 bits per heavy atom. The molecule has 2 nitrogen and oxygen atoms in total. The fourth-order valence-corrected chi connectivity index (χ4v) is 3.10. The molecule has 2 rings (SSSR count). The van der Waals surface area contributed by atoms with Crippen LogP contribution in [0.2, 0.25) is 0 Å². The number of aromatic nitrogens is 1. The Morgan fingerprint density at radius 2 is 2.19 bits per heavy atom. The molecule has 0 aromatic carbocycles. The fourth-order valence-electron chi connectivity index (χ4n) is 1.46. The van der Waals surface area contributed by atoms with Gasteiger partial charge in [0.1, 0.15) is 5.01 Å². The van der Waals surface area contributed by atoms with Crippen molar-refractivity contribution in [3.05, 3.63) is 28.6 Å². The van der Waals surface area contributed by atoms with Gasteiger partial charge in [-0.2, -0.15) is 0 Å². The van der Waals surface area contributed by atoms with Crippen molar-refractivity contribution in [1.29, 1.82) is 0 Å². The summed E-state index contributed by atoms with van der Waals surface area (Å²) in [5.41, 5.74) is 7.03. The van der Waals surface area contributed by atoms with Crippen LogP contribution in [0.5, 0.6) is 0 Å². The summed E-state index contributed by atoms with van der Waals surface area (Å²) in [4.78, 5) is 5.91. The van der Waals surface area contributed by atoms with E-state index in [2.05, 4.69) is 41.7 Å². The summed E-state index contributed by atoms with van der Waals surface area (Å²) in [7, 11) is 0. The molecule has 0 aliphatic carbocycles. The van der Waals surface area contributed by atoms with Crippen LogP contribution in [0, 0.1) is 5.41 Å². The van der Waals surface area contributed by atoms with E-state index in [1.807, 2.05) is 0 Å². The highest BCUT2D eigenvalue weighted by atomic mass is 32.1. The first kappa shape index (κ1) is 11.8. The molecule has 0 unspecified atom stereocenters. The van der Waals surface area contributed by atoms with Gasteiger partial charge in [-0.25, -0.2) is 4.98 Å². The Balaban J connectivity index is 2.14. The third-order valence-electron chi connectivity index (χ3n) is 2.50. The zero-order chi connectivity index (χ0) is 11.6. The van der Waals surface area contributed by atoms with E-state index in [4.69, 9.17) is 5.73 Å². The molecule has 4 heteroatoms. The van der Waals surface area contributed by atoms with Gasteiger partial charge in [0.2, 0.25) is 0 Å². The highest BCUT2D eigenvalue weighted by molar-refractivity contribution is 7.20. The van der Waals surface area contributed by atoms with E-state index in [0.717, 1.165) is 17.1 Å². The molecule has 0 fully saturated rings. The van der Waals surface area contributed by atoms with Crippen molar-refractivity contribution in [3.63, 3.8) is 0 Å². The summed E-state index contributed by atoms with van der Waals surface area (Å²) in [5.74, 6) is 0. The minimum atomic E-state index is 0.140. The van der Waals surface area contributed by atoms with Gasteiger partial charge in [-0.3, -0.25) is 0 Å². The summed E-state index contributed by atoms with van der Waals surface area (Å²) in [6.45, 7) is 5.05. The van der Waals surface area contributed by atoms with Gasteiger partial charge in [0, 0.05) is 5.38 Å². The lowest BCUT2D eigenvalue weighted by Crippen LogP contribution is -2.26. The van der Waals surface area contributed by atoms with Gasteiger partial charge in [0.05, 0.1) is 10.6 Å². The van der Waals surface area contributed by atoms with Crippen LogP contribution in [-0.2, 0) is 6.42 Å². The topological polar surface area (TPSA) is 38.9 Å². The normalized spacial score (nSPS) is 11.9. The fraction of sp³-hybridized carbons (Fsp3) is 0.417. The van der Waals surface area contributed by atoms with E-state index < -0.39 is 0 Å². The summed E-state index contributed by atoms with van der Waals surface area (Å²) in [6, 6.07) is 4.17. The monoisotopic (exact) mass is 252 g/mol. The highest BCUT2D eigenvalue weighted by Gasteiger charge is 2.18. The first-order valence-electron chi connectivity index (χ1n) is 5.29. The molecule has 86 valence electrons. The molecule has 2 aromatic heterocycles. The largest absolute Gasteiger partial charge is 0.330 e. The quantitative estimate of drug-likeness (QED) is 0.905. The molecule has 2 N–H and O–H groups in total. The van der Waals surface area contributed by atoms with E-state index >= 15 is 0 Å². The van der Waals surface area contributed by atoms with Crippen LogP contribution < -0.4 is 5.73 Å². The number of nitrogens with zero attached hydrogens (tertiary/aromatic N) is 1. The van der Waals surface area contributed by atoms with Crippen molar-refractivity contribution in [2.45, 2.75) is 20.3 Å². The Hall–Kier alpha value is -0.710. The lowest BCUT2D eigenvalue weighted by molar-refractivity contribution is 0.373. The number of hydrogen-bond acceptors (Lipinski definition) is 4. The van der Waals surface area contributed by atoms with E-state index in [1.54, 1.807) is 22.7 Å². The smallest absolute Gasteiger partial charge is 0.133 e. The van der Waals surface area contributed by atoms with Crippen LogP contribution in [-0.4, -0.2) is 11.5 Å². The molecule has 16 heavy (non-hydrogen) atoms. The van der Waals surface area contributed by atoms with Gasteiger partial charge in [-0.05, 0) is 29.8 Å². The minimum absolute atomic E-state index is 0.140. The molecule has 0 saturated heterocycles. The second kappa shape index (κ2) is 4.65. The minimum Gasteiger partial charge on any atom is -0.330 e. The van der Waals surface area contributed by atoms with Gasteiger partial charge in [0.15, 0.2) is 0 Å². The molecule has 0 bridgehead atoms. The average Bonchev–Trinajstić information content (AvgIpc) is 2.86. The van der Waals surface area contributed by atoms with Gasteiger partial charge >= 0.3 is 0 Å². The van der Waals surface area contributed by atoms with E-state index in [9.17, 15) is 0 Å². The summed E-state index contributed by atoms with van der Waals surface area (Å²) >= 11 is 3.45. The molecular weight excluding hydrogens is 236 g/mol. The molecule has 0 atom stereocenters. The standard InChI is InChI=1S/C12H16N2S2/c1-12(2,8-13)6-9-7-16-11(14-9)10-4-3-5-15-10/h3-5,7H,6,8,13H2,1-2H3. The Morgan fingerprint density at radius 3 is 2.81 bits per heavy atom. The van der Waals surface area contributed by atoms with Crippen LogP contribution in [0.15, 0.2) is 22.9 Å². The molecule has 0 spiro atoms. The van der Waals surface area contributed by atoms with E-state index in [0.29, 0.717) is 6.54 Å². The van der Waals surface area contributed by atoms with Crippen LogP contribution in [0.25, 0.3) is 9.88 Å². The zero-order valence-corrected chi connectivity index (χ0v) is 11.2. The second-order valence-corrected chi connectivity index (χ2v) is 6.47. The van der Waals surface area contributed by atoms with Gasteiger partial charge in [0.25, 0.3) is 0 Å². The number of thiazole rings is 1. The van der Waals surface area contributed by atoms with Crippen molar-refractivity contribution in [1.82, 2.24) is 4.98 Å². The third kappa shape index (κ3) is 2.70. The van der Waals surface area contributed by atoms with Crippen LogP contribution in [0.3, 0.4) is 0 Å². The number of rotatable bonds is 4. The molecular formula is C12H16N2S2. The lowest BCUT2D eigenvalue weighted by atomic mass is 9.88. The van der Waals surface area contributed by atoms with Crippen LogP contribution in [0.1, 0.15) is 19.5 Å². The maximum Gasteiger partial charge on any atom is 0.133 e. The molecule has 2 aromatic rings. The van der Waals surface area contributed by atoms with Crippen molar-refractivity contribution >= 4 is 22.7 Å². The summed E-state index contributed by atoms with van der Waals surface area (Å²) in [5, 5.41) is 5.35. The van der Waals surface area contributed by atoms with E-state index in [1.165, 1.54) is 4.88 Å². The van der Waals surface area contributed by atoms with Gasteiger partial charge < -0.3 is 5.73 Å². The molecule has 2 heterocycles. The predicted octanol–water partition coefficient (Wildman–Crippen LogP) is 3.40. The van der Waals surface area contributed by atoms with Crippen LogP contribution >= 0.6 is 22.7 Å². The van der Waals surface area contributed by atoms with Crippen molar-refractivity contribution in [2.75, 3.05) is 6.54 Å². The molecule has 0 radical (unpaired) electrons. The predicted molar refractivity (Wildman–Crippen MR) is 72.0 cm³/mol. The van der Waals surface area contributed by atoms with Gasteiger partial charge in [-0.15, -0.1) is 22.7 Å². The Kier molecular flexibility index (Phi) is 3.42. The Bertz CT molecular complexity index is 443. The number of hydrogen-bond donors (Lipinski definition) is 1.